The molecule has 0 N–H and O–H groups in total. The molecule has 0 bridgehead atoms. The van der Waals surface area contributed by atoms with Crippen molar-refractivity contribution in [2.24, 2.45) is 0 Å². The molecule has 4 rings (SSSR count). The first-order valence-corrected chi connectivity index (χ1v) is 12.1. The van der Waals surface area contributed by atoms with Crippen LogP contribution in [0.15, 0.2) is 107 Å². The summed E-state index contributed by atoms with van der Waals surface area (Å²) in [7, 11) is 0. The summed E-state index contributed by atoms with van der Waals surface area (Å²) in [5.41, 5.74) is 10.7. The van der Waals surface area contributed by atoms with Gasteiger partial charge < -0.3 is 0 Å². The summed E-state index contributed by atoms with van der Waals surface area (Å²) < 4.78 is 0. The highest BCUT2D eigenvalue weighted by Gasteiger charge is 2.13. The predicted molar refractivity (Wildman–Crippen MR) is 139 cm³/mol. The molecule has 0 atom stereocenters. The lowest BCUT2D eigenvalue weighted by Gasteiger charge is -2.04. The molecular formula is C29H22OS2. The highest BCUT2D eigenvalue weighted by atomic mass is 32.1. The number of rotatable bonds is 8. The summed E-state index contributed by atoms with van der Waals surface area (Å²) in [6, 6.07) is 28.2. The Bertz CT molecular complexity index is 1160. The molecule has 0 unspecified atom stereocenters. The molecule has 0 fully saturated rings. The van der Waals surface area contributed by atoms with Crippen molar-refractivity contribution < 1.29 is 4.79 Å². The Balaban J connectivity index is 1.60. The molecular weight excluding hydrogens is 428 g/mol. The Labute approximate surface area is 197 Å². The van der Waals surface area contributed by atoms with E-state index < -0.39 is 0 Å². The van der Waals surface area contributed by atoms with E-state index in [2.05, 4.69) is 11.5 Å². The molecule has 2 heterocycles. The summed E-state index contributed by atoms with van der Waals surface area (Å²) in [6.45, 7) is 0. The minimum Gasteiger partial charge on any atom is -0.299 e. The maximum atomic E-state index is 13.1. The lowest BCUT2D eigenvalue weighted by atomic mass is 10.0. The van der Waals surface area contributed by atoms with Crippen molar-refractivity contribution in [1.82, 2.24) is 0 Å². The largest absolute Gasteiger partial charge is 0.299 e. The number of carbonyl (C=O) groups is 1. The van der Waals surface area contributed by atoms with Crippen molar-refractivity contribution in [1.29, 1.82) is 0 Å². The number of hydrogen-bond acceptors (Lipinski definition) is 3. The monoisotopic (exact) mass is 450 g/mol. The molecule has 32 heavy (non-hydrogen) atoms. The van der Waals surface area contributed by atoms with Gasteiger partial charge in [-0.1, -0.05) is 72.8 Å². The van der Waals surface area contributed by atoms with Gasteiger partial charge in [0, 0.05) is 33.7 Å². The Hall–Kier alpha value is -3.45. The minimum absolute atomic E-state index is 0.153. The highest BCUT2D eigenvalue weighted by molar-refractivity contribution is 7.11. The number of benzene rings is 2. The van der Waals surface area contributed by atoms with E-state index in [-0.39, 0.29) is 5.78 Å². The first kappa shape index (κ1) is 21.8. The predicted octanol–water partition coefficient (Wildman–Crippen LogP) is 8.25. The van der Waals surface area contributed by atoms with Crippen LogP contribution in [0.4, 0.5) is 0 Å². The highest BCUT2D eigenvalue weighted by Crippen LogP contribution is 2.27. The molecule has 2 aromatic carbocycles. The molecule has 2 aromatic heterocycles. The van der Waals surface area contributed by atoms with Gasteiger partial charge in [0.15, 0.2) is 0 Å². The van der Waals surface area contributed by atoms with Crippen LogP contribution in [0.25, 0.3) is 23.3 Å². The summed E-state index contributed by atoms with van der Waals surface area (Å²) in [4.78, 5) is 15.3. The maximum absolute atomic E-state index is 13.1. The molecule has 0 aliphatic rings. The van der Waals surface area contributed by atoms with E-state index in [4.69, 9.17) is 0 Å². The van der Waals surface area contributed by atoms with Crippen LogP contribution in [-0.2, 0) is 4.79 Å². The number of allylic oxidation sites excluding steroid dienone is 2. The van der Waals surface area contributed by atoms with Crippen LogP contribution in [0.2, 0.25) is 0 Å². The molecule has 0 saturated heterocycles. The quantitative estimate of drug-likeness (QED) is 0.247. The number of Topliss-reactive ketones (excluding diaryl/α,β-unsaturated/α-hetero) is 1. The zero-order chi connectivity index (χ0) is 22.0. The second kappa shape index (κ2) is 11.2. The topological polar surface area (TPSA) is 17.1 Å². The first-order chi connectivity index (χ1) is 15.8. The zero-order valence-corrected chi connectivity index (χ0v) is 19.2. The summed E-state index contributed by atoms with van der Waals surface area (Å²) in [5.74, 6) is 0.153. The molecule has 0 aliphatic carbocycles. The van der Waals surface area contributed by atoms with Crippen molar-refractivity contribution in [3.8, 4) is 0 Å². The molecule has 0 amide bonds. The second-order valence-electron chi connectivity index (χ2n) is 7.20. The fourth-order valence-electron chi connectivity index (χ4n) is 3.22. The van der Waals surface area contributed by atoms with Crippen LogP contribution in [0, 0.1) is 0 Å². The Morgan fingerprint density at radius 1 is 0.625 bits per heavy atom. The van der Waals surface area contributed by atoms with Crippen LogP contribution < -0.4 is 0 Å². The van der Waals surface area contributed by atoms with Gasteiger partial charge in [0.1, 0.15) is 5.78 Å². The van der Waals surface area contributed by atoms with E-state index in [1.165, 1.54) is 0 Å². The van der Waals surface area contributed by atoms with E-state index in [0.717, 1.165) is 32.0 Å². The van der Waals surface area contributed by atoms with Gasteiger partial charge >= 0.3 is 0 Å². The summed E-state index contributed by atoms with van der Waals surface area (Å²) in [6.07, 6.45) is 4.58. The van der Waals surface area contributed by atoms with Crippen molar-refractivity contribution >= 4 is 51.8 Å². The third-order valence-corrected chi connectivity index (χ3v) is 6.67. The van der Waals surface area contributed by atoms with E-state index >= 15 is 0 Å². The maximum Gasteiger partial charge on any atom is 0.142 e. The SMILES string of the molecule is O=C(CC(=C=Cc1ccccc1)c1cccs1)CC(=C=Cc1ccccc1)c1cccs1. The molecule has 0 aliphatic heterocycles. The van der Waals surface area contributed by atoms with Gasteiger partial charge in [-0.05, 0) is 46.2 Å². The molecule has 0 spiro atoms. The fourth-order valence-corrected chi connectivity index (χ4v) is 4.68. The van der Waals surface area contributed by atoms with Crippen molar-refractivity contribution in [3.05, 3.63) is 128 Å². The van der Waals surface area contributed by atoms with Gasteiger partial charge in [-0.2, -0.15) is 0 Å². The van der Waals surface area contributed by atoms with E-state index in [0.29, 0.717) is 12.8 Å². The number of hydrogen-bond donors (Lipinski definition) is 0. The van der Waals surface area contributed by atoms with Crippen molar-refractivity contribution in [2.45, 2.75) is 12.8 Å². The van der Waals surface area contributed by atoms with Gasteiger partial charge in [-0.25, -0.2) is 0 Å². The van der Waals surface area contributed by atoms with Gasteiger partial charge in [0.05, 0.1) is 0 Å². The van der Waals surface area contributed by atoms with Gasteiger partial charge in [0.25, 0.3) is 0 Å². The second-order valence-corrected chi connectivity index (χ2v) is 9.10. The Morgan fingerprint density at radius 2 is 1.06 bits per heavy atom. The molecule has 3 heteroatoms. The molecule has 156 valence electrons. The fraction of sp³-hybridized carbons (Fsp3) is 0.0690. The standard InChI is InChI=1S/C29H22OS2/c30-27(21-25(28-13-7-19-31-28)17-15-23-9-3-1-4-10-23)22-26(29-14-8-20-32-29)18-16-24-11-5-2-6-12-24/h1-16,19-20H,21-22H2. The third kappa shape index (κ3) is 6.28. The number of carbonyl (C=O) groups excluding carboxylic acids is 1. The molecule has 0 saturated carbocycles. The average Bonchev–Trinajstić information content (AvgIpc) is 3.55. The van der Waals surface area contributed by atoms with Crippen molar-refractivity contribution in [2.75, 3.05) is 0 Å². The lowest BCUT2D eigenvalue weighted by Crippen LogP contribution is -1.99. The average molecular weight is 451 g/mol. The third-order valence-electron chi connectivity index (χ3n) is 4.81. The van der Waals surface area contributed by atoms with Gasteiger partial charge in [-0.3, -0.25) is 4.79 Å². The normalized spacial score (nSPS) is 10.0. The summed E-state index contributed by atoms with van der Waals surface area (Å²) in [5, 5.41) is 4.06. The van der Waals surface area contributed by atoms with Crippen LogP contribution in [0.1, 0.15) is 33.7 Å². The zero-order valence-electron chi connectivity index (χ0n) is 17.5. The van der Waals surface area contributed by atoms with E-state index in [1.54, 1.807) is 22.7 Å². The number of thiophene rings is 2. The van der Waals surface area contributed by atoms with Gasteiger partial charge in [0.2, 0.25) is 0 Å². The van der Waals surface area contributed by atoms with Crippen LogP contribution in [0.3, 0.4) is 0 Å². The first-order valence-electron chi connectivity index (χ1n) is 10.4. The Morgan fingerprint density at radius 3 is 1.44 bits per heavy atom. The van der Waals surface area contributed by atoms with Crippen LogP contribution >= 0.6 is 22.7 Å². The molecule has 0 radical (unpaired) electrons. The van der Waals surface area contributed by atoms with Crippen molar-refractivity contribution in [3.63, 3.8) is 0 Å². The van der Waals surface area contributed by atoms with Gasteiger partial charge in [-0.15, -0.1) is 34.1 Å². The van der Waals surface area contributed by atoms with E-state index in [9.17, 15) is 4.79 Å². The molecule has 4 aromatic rings. The minimum atomic E-state index is 0.153. The van der Waals surface area contributed by atoms with Crippen LogP contribution in [-0.4, -0.2) is 5.78 Å². The van der Waals surface area contributed by atoms with Crippen LogP contribution in [0.5, 0.6) is 0 Å². The summed E-state index contributed by atoms with van der Waals surface area (Å²) >= 11 is 3.27. The smallest absolute Gasteiger partial charge is 0.142 e. The number of ketones is 1. The van der Waals surface area contributed by atoms with E-state index in [1.807, 2.05) is 108 Å². The lowest BCUT2D eigenvalue weighted by molar-refractivity contribution is -0.117. The molecule has 1 nitrogen and oxygen atoms in total. The Kier molecular flexibility index (Phi) is 7.65.